The first-order chi connectivity index (χ1) is 28.9. The van der Waals surface area contributed by atoms with E-state index in [9.17, 15) is 29.7 Å². The van der Waals surface area contributed by atoms with Gasteiger partial charge in [0.1, 0.15) is 6.04 Å². The van der Waals surface area contributed by atoms with Crippen molar-refractivity contribution in [1.29, 1.82) is 0 Å². The van der Waals surface area contributed by atoms with E-state index in [2.05, 4.69) is 106 Å². The average Bonchev–Trinajstić information content (AvgIpc) is 3.58. The third-order valence-corrected chi connectivity index (χ3v) is 15.8. The van der Waals surface area contributed by atoms with Crippen molar-refractivity contribution >= 4 is 17.8 Å². The number of rotatable bonds is 25. The van der Waals surface area contributed by atoms with Crippen molar-refractivity contribution in [1.82, 2.24) is 10.6 Å². The van der Waals surface area contributed by atoms with Crippen molar-refractivity contribution in [3.05, 3.63) is 60.8 Å². The Morgan fingerprint density at radius 3 is 1.95 bits per heavy atom. The second-order valence-electron chi connectivity index (χ2n) is 19.5. The summed E-state index contributed by atoms with van der Waals surface area (Å²) < 4.78 is 0. The monoisotopic (exact) mass is 833 g/mol. The van der Waals surface area contributed by atoms with Gasteiger partial charge >= 0.3 is 5.97 Å². The number of amides is 2. The lowest BCUT2D eigenvalue weighted by atomic mass is 9.41. The lowest BCUT2D eigenvalue weighted by Gasteiger charge is -2.64. The number of hydrogen-bond donors (Lipinski definition) is 5. The highest BCUT2D eigenvalue weighted by molar-refractivity contribution is 5.83. The van der Waals surface area contributed by atoms with Crippen molar-refractivity contribution in [2.75, 3.05) is 6.54 Å². The van der Waals surface area contributed by atoms with Crippen LogP contribution in [-0.4, -0.2) is 57.9 Å². The van der Waals surface area contributed by atoms with Crippen molar-refractivity contribution < 1.29 is 29.7 Å². The van der Waals surface area contributed by atoms with E-state index >= 15 is 0 Å². The van der Waals surface area contributed by atoms with Crippen LogP contribution in [0.4, 0.5) is 0 Å². The maximum Gasteiger partial charge on any atom is 0.326 e. The second-order valence-corrected chi connectivity index (χ2v) is 19.5. The first kappa shape index (κ1) is 49.7. The van der Waals surface area contributed by atoms with Crippen LogP contribution in [0.1, 0.15) is 169 Å². The van der Waals surface area contributed by atoms with Crippen LogP contribution in [-0.2, 0) is 14.4 Å². The van der Waals surface area contributed by atoms with Crippen LogP contribution in [0, 0.1) is 52.3 Å². The molecule has 4 aliphatic carbocycles. The molecule has 0 aliphatic heterocycles. The van der Waals surface area contributed by atoms with Crippen LogP contribution in [0.2, 0.25) is 0 Å². The third kappa shape index (κ3) is 13.8. The maximum absolute atomic E-state index is 13.1. The van der Waals surface area contributed by atoms with Gasteiger partial charge in [-0.3, -0.25) is 9.59 Å². The quantitative estimate of drug-likeness (QED) is 0.0459. The first-order valence-corrected chi connectivity index (χ1v) is 24.3. The summed E-state index contributed by atoms with van der Waals surface area (Å²) in [5.41, 5.74) is 0.308. The van der Waals surface area contributed by atoms with Gasteiger partial charge in [0.05, 0.1) is 12.2 Å². The Morgan fingerprint density at radius 1 is 0.700 bits per heavy atom. The second kappa shape index (κ2) is 25.2. The third-order valence-electron chi connectivity index (χ3n) is 15.8. The molecule has 8 heteroatoms. The van der Waals surface area contributed by atoms with Gasteiger partial charge < -0.3 is 26.0 Å². The fraction of sp³-hybridized carbons (Fsp3) is 0.750. The fourth-order valence-corrected chi connectivity index (χ4v) is 12.6. The van der Waals surface area contributed by atoms with Gasteiger partial charge in [0.25, 0.3) is 0 Å². The summed E-state index contributed by atoms with van der Waals surface area (Å²) in [4.78, 5) is 37.5. The summed E-state index contributed by atoms with van der Waals surface area (Å²) in [6.45, 7) is 12.1. The molecule has 0 radical (unpaired) electrons. The number of unbranched alkanes of at least 4 members (excludes halogenated alkanes) is 2. The van der Waals surface area contributed by atoms with Crippen LogP contribution < -0.4 is 10.6 Å². The highest BCUT2D eigenvalue weighted by Crippen LogP contribution is 2.69. The Morgan fingerprint density at radius 2 is 1.32 bits per heavy atom. The van der Waals surface area contributed by atoms with Gasteiger partial charge in [0, 0.05) is 19.4 Å². The fourth-order valence-electron chi connectivity index (χ4n) is 12.6. The Kier molecular flexibility index (Phi) is 20.9. The van der Waals surface area contributed by atoms with E-state index in [-0.39, 0.29) is 40.8 Å². The van der Waals surface area contributed by atoms with Crippen LogP contribution in [0.25, 0.3) is 0 Å². The Labute approximate surface area is 364 Å². The SMILES string of the molecule is CC/C=C\C/C=C\C/C=C\C/C=C\C/C=C\CCCC(=O)NCCCCC(NC(=O)CC[C@@H](C)C1CC[C@H]2[C@@H]3[C@H](O)[C@H](CC)[C@@H]4C[C@H](O)CC[C@]4(C)[C@H]3CC[C@]12C)C(=O)O. The van der Waals surface area contributed by atoms with E-state index in [1.54, 1.807) is 0 Å². The minimum Gasteiger partial charge on any atom is -0.480 e. The van der Waals surface area contributed by atoms with Crippen LogP contribution in [0.15, 0.2) is 60.8 Å². The summed E-state index contributed by atoms with van der Waals surface area (Å²) in [6.07, 6.45) is 39.1. The zero-order chi connectivity index (χ0) is 43.5. The number of aliphatic carboxylic acids is 1. The predicted molar refractivity (Wildman–Crippen MR) is 245 cm³/mol. The standard InChI is InChI=1S/C52H84N2O6/c1-6-8-9-10-11-12-13-14-15-16-17-18-19-20-21-22-23-27-46(56)53-36-25-24-26-45(50(59)60)54-47(57)31-28-38(3)41-29-30-42-48-43(33-35-51(41,42)4)52(5)34-32-39(55)37-44(52)40(7-2)49(48)58/h8-9,11-12,14-15,17-18,20-21,38-45,48-49,55,58H,6-7,10,13,16,19,22-37H2,1-5H3,(H,53,56)(H,54,57)(H,59,60)/b9-8-,12-11-,15-14-,18-17-,21-20-/t38-,39-,40-,41?,42+,43+,44+,45?,48+,49-,51-,52-/m1/s1. The van der Waals surface area contributed by atoms with Gasteiger partial charge in [0.2, 0.25) is 11.8 Å². The molecule has 0 spiro atoms. The van der Waals surface area contributed by atoms with Crippen molar-refractivity contribution in [2.24, 2.45) is 52.3 Å². The molecule has 2 amide bonds. The molecule has 4 fully saturated rings. The highest BCUT2D eigenvalue weighted by atomic mass is 16.4. The molecule has 12 atom stereocenters. The van der Waals surface area contributed by atoms with Gasteiger partial charge in [-0.15, -0.1) is 0 Å². The molecule has 4 saturated carbocycles. The smallest absolute Gasteiger partial charge is 0.326 e. The van der Waals surface area contributed by atoms with E-state index < -0.39 is 12.0 Å². The molecule has 0 aromatic heterocycles. The Hall–Kier alpha value is -2.97. The number of nitrogens with one attached hydrogen (secondary N) is 2. The number of carboxylic acid groups (broad SMARTS) is 1. The maximum atomic E-state index is 13.1. The molecule has 4 rings (SSSR count). The number of carbonyl (C=O) groups excluding carboxylic acids is 2. The van der Waals surface area contributed by atoms with E-state index in [4.69, 9.17) is 0 Å². The molecule has 0 bridgehead atoms. The van der Waals surface area contributed by atoms with E-state index in [0.717, 1.165) is 103 Å². The number of carboxylic acids is 1. The first-order valence-electron chi connectivity index (χ1n) is 24.3. The summed E-state index contributed by atoms with van der Waals surface area (Å²) in [5.74, 6) is 1.51. The molecular weight excluding hydrogens is 749 g/mol. The van der Waals surface area contributed by atoms with E-state index in [0.29, 0.717) is 74.2 Å². The van der Waals surface area contributed by atoms with E-state index in [1.165, 1.54) is 0 Å². The number of hydrogen-bond acceptors (Lipinski definition) is 5. The molecule has 2 unspecified atom stereocenters. The lowest BCUT2D eigenvalue weighted by Crippen LogP contribution is -2.62. The molecule has 8 nitrogen and oxygen atoms in total. The minimum absolute atomic E-state index is 0.0167. The zero-order valence-electron chi connectivity index (χ0n) is 38.2. The Bertz CT molecular complexity index is 1480. The van der Waals surface area contributed by atoms with Crippen molar-refractivity contribution in [3.8, 4) is 0 Å². The van der Waals surface area contributed by atoms with Crippen LogP contribution >= 0.6 is 0 Å². The van der Waals surface area contributed by atoms with Gasteiger partial charge in [-0.2, -0.15) is 0 Å². The summed E-state index contributed by atoms with van der Waals surface area (Å²) >= 11 is 0. The molecule has 5 N–H and O–H groups in total. The molecule has 0 heterocycles. The molecule has 338 valence electrons. The molecule has 0 aromatic carbocycles. The minimum atomic E-state index is -1.02. The van der Waals surface area contributed by atoms with Gasteiger partial charge in [-0.05, 0) is 168 Å². The van der Waals surface area contributed by atoms with Gasteiger partial charge in [0.15, 0.2) is 0 Å². The normalized spacial score (nSPS) is 32.7. The number of fused-ring (bicyclic) bond motifs is 5. The molecule has 4 aliphatic rings. The lowest BCUT2D eigenvalue weighted by molar-refractivity contribution is -0.203. The molecule has 0 aromatic rings. The highest BCUT2D eigenvalue weighted by Gasteiger charge is 2.64. The number of carbonyl (C=O) groups is 3. The molecule has 60 heavy (non-hydrogen) atoms. The molecule has 0 saturated heterocycles. The molecular formula is C52H84N2O6. The van der Waals surface area contributed by atoms with Crippen molar-refractivity contribution in [2.45, 2.75) is 188 Å². The number of allylic oxidation sites excluding steroid dienone is 10. The van der Waals surface area contributed by atoms with Crippen LogP contribution in [0.5, 0.6) is 0 Å². The van der Waals surface area contributed by atoms with E-state index in [1.807, 2.05) is 0 Å². The van der Waals surface area contributed by atoms with Gasteiger partial charge in [-0.1, -0.05) is 102 Å². The number of aliphatic hydroxyl groups is 2. The van der Waals surface area contributed by atoms with Gasteiger partial charge in [-0.25, -0.2) is 4.79 Å². The summed E-state index contributed by atoms with van der Waals surface area (Å²) in [6, 6.07) is -0.930. The number of aliphatic hydroxyl groups excluding tert-OH is 2. The summed E-state index contributed by atoms with van der Waals surface area (Å²) in [5, 5.41) is 38.3. The predicted octanol–water partition coefficient (Wildman–Crippen LogP) is 10.8. The van der Waals surface area contributed by atoms with Crippen molar-refractivity contribution in [3.63, 3.8) is 0 Å². The topological polar surface area (TPSA) is 136 Å². The Balaban J connectivity index is 1.08. The summed E-state index contributed by atoms with van der Waals surface area (Å²) in [7, 11) is 0. The van der Waals surface area contributed by atoms with Crippen LogP contribution in [0.3, 0.4) is 0 Å². The average molecular weight is 833 g/mol. The zero-order valence-corrected chi connectivity index (χ0v) is 38.2. The largest absolute Gasteiger partial charge is 0.480 e.